The van der Waals surface area contributed by atoms with Crippen molar-refractivity contribution in [2.45, 2.75) is 5.79 Å². The van der Waals surface area contributed by atoms with E-state index in [1.807, 2.05) is 30.3 Å². The van der Waals surface area contributed by atoms with Gasteiger partial charge in [0.2, 0.25) is 5.79 Å². The summed E-state index contributed by atoms with van der Waals surface area (Å²) in [5.74, 6) is -1.86. The Hall–Kier alpha value is -1.64. The van der Waals surface area contributed by atoms with Crippen LogP contribution in [0, 0.1) is 0 Å². The van der Waals surface area contributed by atoms with Crippen LogP contribution in [0.2, 0.25) is 0 Å². The maximum atomic E-state index is 9.64. The average molecular weight is 200 g/mol. The Balaban J connectivity index is 2.35. The van der Waals surface area contributed by atoms with Gasteiger partial charge in [0.1, 0.15) is 0 Å². The summed E-state index contributed by atoms with van der Waals surface area (Å²) in [6.07, 6.45) is 8.18. The number of hydrogen-bond donors (Lipinski definition) is 2. The maximum Gasteiger partial charge on any atom is 0.210 e. The van der Waals surface area contributed by atoms with Crippen molar-refractivity contribution in [1.82, 2.24) is 0 Å². The lowest BCUT2D eigenvalue weighted by Gasteiger charge is -2.21. The third kappa shape index (κ3) is 2.24. The summed E-state index contributed by atoms with van der Waals surface area (Å²) in [6.45, 7) is 0. The SMILES string of the molecule is OC1(O)C=CC=CC1=Cc1ccccc1. The van der Waals surface area contributed by atoms with E-state index >= 15 is 0 Å². The van der Waals surface area contributed by atoms with Gasteiger partial charge >= 0.3 is 0 Å². The Labute approximate surface area is 88.5 Å². The van der Waals surface area contributed by atoms with Crippen LogP contribution in [0.25, 0.3) is 6.08 Å². The molecule has 1 aliphatic carbocycles. The van der Waals surface area contributed by atoms with E-state index in [1.165, 1.54) is 6.08 Å². The molecule has 1 aromatic carbocycles. The number of rotatable bonds is 1. The van der Waals surface area contributed by atoms with E-state index in [4.69, 9.17) is 0 Å². The van der Waals surface area contributed by atoms with Crippen LogP contribution in [0.3, 0.4) is 0 Å². The molecule has 1 aromatic rings. The van der Waals surface area contributed by atoms with Crippen LogP contribution in [-0.4, -0.2) is 16.0 Å². The lowest BCUT2D eigenvalue weighted by Crippen LogP contribution is -2.28. The molecule has 0 heterocycles. The number of hydrogen-bond acceptors (Lipinski definition) is 2. The first-order valence-electron chi connectivity index (χ1n) is 4.76. The Bertz CT molecular complexity index is 425. The molecular formula is C13H12O2. The molecule has 0 aromatic heterocycles. The largest absolute Gasteiger partial charge is 0.359 e. The second-order valence-corrected chi connectivity index (χ2v) is 3.45. The molecule has 0 atom stereocenters. The number of benzene rings is 1. The molecule has 15 heavy (non-hydrogen) atoms. The van der Waals surface area contributed by atoms with Crippen LogP contribution in [0.4, 0.5) is 0 Å². The lowest BCUT2D eigenvalue weighted by molar-refractivity contribution is -0.0812. The zero-order valence-electron chi connectivity index (χ0n) is 8.17. The predicted octanol–water partition coefficient (Wildman–Crippen LogP) is 1.88. The standard InChI is InChI=1S/C13H12O2/c14-13(15)9-5-4-8-12(13)10-11-6-2-1-3-7-11/h1-10,14-15H. The second kappa shape index (κ2) is 3.85. The van der Waals surface area contributed by atoms with Crippen molar-refractivity contribution >= 4 is 6.08 Å². The molecule has 0 saturated carbocycles. The quantitative estimate of drug-likeness (QED) is 0.679. The van der Waals surface area contributed by atoms with Crippen LogP contribution < -0.4 is 0 Å². The van der Waals surface area contributed by atoms with Crippen LogP contribution in [0.1, 0.15) is 5.56 Å². The van der Waals surface area contributed by atoms with Gasteiger partial charge in [-0.05, 0) is 17.7 Å². The van der Waals surface area contributed by atoms with E-state index in [9.17, 15) is 10.2 Å². The minimum Gasteiger partial charge on any atom is -0.359 e. The molecular weight excluding hydrogens is 188 g/mol. The zero-order valence-corrected chi connectivity index (χ0v) is 8.17. The van der Waals surface area contributed by atoms with Gasteiger partial charge in [0.15, 0.2) is 0 Å². The summed E-state index contributed by atoms with van der Waals surface area (Å²) in [7, 11) is 0. The minimum absolute atomic E-state index is 0.469. The van der Waals surface area contributed by atoms with Crippen LogP contribution in [0.5, 0.6) is 0 Å². The van der Waals surface area contributed by atoms with Crippen molar-refractivity contribution in [3.8, 4) is 0 Å². The highest BCUT2D eigenvalue weighted by atomic mass is 16.5. The molecule has 0 saturated heterocycles. The highest BCUT2D eigenvalue weighted by Crippen LogP contribution is 2.23. The normalized spacial score (nSPS) is 20.8. The predicted molar refractivity (Wildman–Crippen MR) is 59.9 cm³/mol. The van der Waals surface area contributed by atoms with Gasteiger partial charge in [-0.25, -0.2) is 0 Å². The van der Waals surface area contributed by atoms with Crippen molar-refractivity contribution in [3.63, 3.8) is 0 Å². The molecule has 0 aliphatic heterocycles. The van der Waals surface area contributed by atoms with Gasteiger partial charge < -0.3 is 10.2 Å². The van der Waals surface area contributed by atoms with Gasteiger partial charge in [-0.2, -0.15) is 0 Å². The monoisotopic (exact) mass is 200 g/mol. The summed E-state index contributed by atoms with van der Waals surface area (Å²) < 4.78 is 0. The third-order valence-electron chi connectivity index (χ3n) is 2.26. The molecule has 0 spiro atoms. The van der Waals surface area contributed by atoms with Gasteiger partial charge in [0.25, 0.3) is 0 Å². The topological polar surface area (TPSA) is 40.5 Å². The van der Waals surface area contributed by atoms with Crippen LogP contribution in [-0.2, 0) is 0 Å². The summed E-state index contributed by atoms with van der Waals surface area (Å²) >= 11 is 0. The third-order valence-corrected chi connectivity index (χ3v) is 2.26. The Morgan fingerprint density at radius 1 is 1.00 bits per heavy atom. The van der Waals surface area contributed by atoms with Crippen molar-refractivity contribution in [1.29, 1.82) is 0 Å². The summed E-state index contributed by atoms with van der Waals surface area (Å²) in [4.78, 5) is 0. The van der Waals surface area contributed by atoms with Crippen molar-refractivity contribution in [3.05, 3.63) is 65.8 Å². The fourth-order valence-electron chi connectivity index (χ4n) is 1.45. The lowest BCUT2D eigenvalue weighted by atomic mass is 9.98. The fourth-order valence-corrected chi connectivity index (χ4v) is 1.45. The molecule has 76 valence electrons. The van der Waals surface area contributed by atoms with Crippen LogP contribution in [0.15, 0.2) is 60.2 Å². The van der Waals surface area contributed by atoms with Crippen molar-refractivity contribution in [2.24, 2.45) is 0 Å². The molecule has 1 aliphatic rings. The Morgan fingerprint density at radius 3 is 2.40 bits per heavy atom. The van der Waals surface area contributed by atoms with E-state index in [-0.39, 0.29) is 0 Å². The summed E-state index contributed by atoms with van der Waals surface area (Å²) in [5.41, 5.74) is 1.41. The molecule has 0 amide bonds. The molecule has 0 fully saturated rings. The highest BCUT2D eigenvalue weighted by molar-refractivity contribution is 5.60. The van der Waals surface area contributed by atoms with E-state index in [2.05, 4.69) is 0 Å². The first-order valence-corrected chi connectivity index (χ1v) is 4.76. The molecule has 2 nitrogen and oxygen atoms in total. The first kappa shape index (κ1) is 9.90. The number of aliphatic hydroxyl groups is 2. The summed E-state index contributed by atoms with van der Waals surface area (Å²) in [6, 6.07) is 9.56. The first-order chi connectivity index (χ1) is 7.18. The maximum absolute atomic E-state index is 9.64. The van der Waals surface area contributed by atoms with Gasteiger partial charge in [-0.3, -0.25) is 0 Å². The van der Waals surface area contributed by atoms with Gasteiger partial charge in [-0.1, -0.05) is 48.6 Å². The van der Waals surface area contributed by atoms with E-state index in [1.54, 1.807) is 24.3 Å². The van der Waals surface area contributed by atoms with Gasteiger partial charge in [-0.15, -0.1) is 0 Å². The Morgan fingerprint density at radius 2 is 1.73 bits per heavy atom. The van der Waals surface area contributed by atoms with Crippen LogP contribution >= 0.6 is 0 Å². The molecule has 2 N–H and O–H groups in total. The average Bonchev–Trinajstić information content (AvgIpc) is 2.23. The van der Waals surface area contributed by atoms with Crippen molar-refractivity contribution in [2.75, 3.05) is 0 Å². The van der Waals surface area contributed by atoms with Gasteiger partial charge in [0.05, 0.1) is 0 Å². The zero-order chi connectivity index (χ0) is 10.7. The van der Waals surface area contributed by atoms with Crippen molar-refractivity contribution < 1.29 is 10.2 Å². The molecule has 0 bridgehead atoms. The molecule has 2 rings (SSSR count). The van der Waals surface area contributed by atoms with E-state index < -0.39 is 5.79 Å². The molecule has 2 heteroatoms. The summed E-state index contributed by atoms with van der Waals surface area (Å²) in [5, 5.41) is 19.3. The van der Waals surface area contributed by atoms with Gasteiger partial charge in [0, 0.05) is 5.57 Å². The highest BCUT2D eigenvalue weighted by Gasteiger charge is 2.24. The Kier molecular flexibility index (Phi) is 2.54. The molecule has 0 unspecified atom stereocenters. The van der Waals surface area contributed by atoms with E-state index in [0.29, 0.717) is 5.57 Å². The minimum atomic E-state index is -1.86. The second-order valence-electron chi connectivity index (χ2n) is 3.45. The smallest absolute Gasteiger partial charge is 0.210 e. The number of allylic oxidation sites excluding steroid dienone is 2. The fraction of sp³-hybridized carbons (Fsp3) is 0.0769. The molecule has 0 radical (unpaired) electrons. The van der Waals surface area contributed by atoms with E-state index in [0.717, 1.165) is 5.56 Å².